The normalized spacial score (nSPS) is 21.0. The molecule has 4 amide bonds. The number of urea groups is 1. The first-order valence-electron chi connectivity index (χ1n) is 11.3. The molecule has 0 spiro atoms. The SMILES string of the molecule is CC1(CCc2ccccc2)NC(=O)N(CC(=O)Nc2cccc(S(=O)(=O)N3CCCC3)c2)C1=O. The summed E-state index contributed by atoms with van der Waals surface area (Å²) in [4.78, 5) is 39.0. The number of amides is 4. The summed E-state index contributed by atoms with van der Waals surface area (Å²) in [5.41, 5.74) is 0.228. The molecule has 10 heteroatoms. The van der Waals surface area contributed by atoms with Gasteiger partial charge in [0.15, 0.2) is 0 Å². The average molecular weight is 485 g/mol. The molecular formula is C24H28N4O5S. The van der Waals surface area contributed by atoms with Crippen molar-refractivity contribution in [3.63, 3.8) is 0 Å². The third-order valence-corrected chi connectivity index (χ3v) is 8.12. The minimum Gasteiger partial charge on any atom is -0.324 e. The second-order valence-electron chi connectivity index (χ2n) is 8.83. The number of nitrogens with zero attached hydrogens (tertiary/aromatic N) is 2. The smallest absolute Gasteiger partial charge is 0.324 e. The predicted molar refractivity (Wildman–Crippen MR) is 126 cm³/mol. The Kier molecular flexibility index (Phi) is 6.72. The highest BCUT2D eigenvalue weighted by atomic mass is 32.2. The highest BCUT2D eigenvalue weighted by Gasteiger charge is 2.47. The van der Waals surface area contributed by atoms with Gasteiger partial charge in [0.2, 0.25) is 15.9 Å². The molecule has 0 bridgehead atoms. The molecule has 2 aliphatic heterocycles. The van der Waals surface area contributed by atoms with Crippen LogP contribution in [0, 0.1) is 0 Å². The number of aryl methyl sites for hydroxylation is 1. The molecule has 2 heterocycles. The fourth-order valence-corrected chi connectivity index (χ4v) is 5.82. The summed E-state index contributed by atoms with van der Waals surface area (Å²) in [5.74, 6) is -1.06. The molecule has 0 aliphatic carbocycles. The maximum absolute atomic E-state index is 13.0. The van der Waals surface area contributed by atoms with Crippen molar-refractivity contribution < 1.29 is 22.8 Å². The van der Waals surface area contributed by atoms with Gasteiger partial charge in [-0.25, -0.2) is 13.2 Å². The predicted octanol–water partition coefficient (Wildman–Crippen LogP) is 2.35. The molecular weight excluding hydrogens is 456 g/mol. The molecule has 9 nitrogen and oxygen atoms in total. The maximum Gasteiger partial charge on any atom is 0.325 e. The van der Waals surface area contributed by atoms with Gasteiger partial charge in [0.05, 0.1) is 4.90 Å². The molecule has 2 fully saturated rings. The van der Waals surface area contributed by atoms with E-state index < -0.39 is 40.0 Å². The van der Waals surface area contributed by atoms with Gasteiger partial charge in [-0.1, -0.05) is 36.4 Å². The molecule has 34 heavy (non-hydrogen) atoms. The van der Waals surface area contributed by atoms with Crippen molar-refractivity contribution in [2.45, 2.75) is 43.0 Å². The maximum atomic E-state index is 13.0. The minimum absolute atomic E-state index is 0.0932. The van der Waals surface area contributed by atoms with Gasteiger partial charge >= 0.3 is 6.03 Å². The van der Waals surface area contributed by atoms with Crippen molar-refractivity contribution in [1.82, 2.24) is 14.5 Å². The average Bonchev–Trinajstić information content (AvgIpc) is 3.43. The molecule has 1 unspecified atom stereocenters. The summed E-state index contributed by atoms with van der Waals surface area (Å²) < 4.78 is 27.0. The highest BCUT2D eigenvalue weighted by Crippen LogP contribution is 2.25. The van der Waals surface area contributed by atoms with E-state index >= 15 is 0 Å². The third-order valence-electron chi connectivity index (χ3n) is 6.22. The van der Waals surface area contributed by atoms with E-state index in [-0.39, 0.29) is 10.6 Å². The Bertz CT molecular complexity index is 1190. The van der Waals surface area contributed by atoms with E-state index in [0.717, 1.165) is 23.3 Å². The molecule has 180 valence electrons. The molecule has 2 saturated heterocycles. The van der Waals surface area contributed by atoms with Gasteiger partial charge in [0.25, 0.3) is 5.91 Å². The van der Waals surface area contributed by atoms with Crippen LogP contribution in [-0.2, 0) is 26.0 Å². The van der Waals surface area contributed by atoms with Crippen LogP contribution in [0.3, 0.4) is 0 Å². The Morgan fingerprint density at radius 1 is 1.06 bits per heavy atom. The number of hydrogen-bond acceptors (Lipinski definition) is 5. The van der Waals surface area contributed by atoms with E-state index in [0.29, 0.717) is 25.9 Å². The van der Waals surface area contributed by atoms with Gasteiger partial charge < -0.3 is 10.6 Å². The monoisotopic (exact) mass is 484 g/mol. The van der Waals surface area contributed by atoms with E-state index in [1.807, 2.05) is 30.3 Å². The Morgan fingerprint density at radius 3 is 2.47 bits per heavy atom. The molecule has 2 aliphatic rings. The van der Waals surface area contributed by atoms with Gasteiger partial charge in [-0.2, -0.15) is 4.31 Å². The Balaban J connectivity index is 1.39. The molecule has 2 aromatic rings. The van der Waals surface area contributed by atoms with Crippen molar-refractivity contribution in [2.75, 3.05) is 25.0 Å². The summed E-state index contributed by atoms with van der Waals surface area (Å²) in [6, 6.07) is 15.0. The Hall–Kier alpha value is -3.24. The standard InChI is InChI=1S/C24H28N4O5S/c1-24(13-12-18-8-3-2-4-9-18)22(30)28(23(31)26-24)17-21(29)25-19-10-7-11-20(16-19)34(32,33)27-14-5-6-15-27/h2-4,7-11,16H,5-6,12-15,17H2,1H3,(H,25,29)(H,26,31). The fraction of sp³-hybridized carbons (Fsp3) is 0.375. The van der Waals surface area contributed by atoms with E-state index in [1.165, 1.54) is 16.4 Å². The number of carbonyl (C=O) groups excluding carboxylic acids is 3. The molecule has 0 radical (unpaired) electrons. The minimum atomic E-state index is -3.63. The van der Waals surface area contributed by atoms with Crippen LogP contribution in [0.1, 0.15) is 31.7 Å². The summed E-state index contributed by atoms with van der Waals surface area (Å²) in [5, 5.41) is 5.30. The van der Waals surface area contributed by atoms with Crippen LogP contribution in [0.4, 0.5) is 10.5 Å². The first-order valence-corrected chi connectivity index (χ1v) is 12.7. The number of anilines is 1. The van der Waals surface area contributed by atoms with Crippen LogP contribution in [0.15, 0.2) is 59.5 Å². The van der Waals surface area contributed by atoms with Gasteiger partial charge in [-0.05, 0) is 56.4 Å². The summed E-state index contributed by atoms with van der Waals surface area (Å²) in [6.45, 7) is 2.15. The molecule has 0 saturated carbocycles. The Morgan fingerprint density at radius 2 is 1.76 bits per heavy atom. The topological polar surface area (TPSA) is 116 Å². The van der Waals surface area contributed by atoms with E-state index in [2.05, 4.69) is 10.6 Å². The molecule has 1 atom stereocenters. The summed E-state index contributed by atoms with van der Waals surface area (Å²) >= 11 is 0. The van der Waals surface area contributed by atoms with Crippen LogP contribution in [-0.4, -0.2) is 60.6 Å². The second kappa shape index (κ2) is 9.55. The van der Waals surface area contributed by atoms with Crippen molar-refractivity contribution in [1.29, 1.82) is 0 Å². The third kappa shape index (κ3) is 4.97. The lowest BCUT2D eigenvalue weighted by Crippen LogP contribution is -2.45. The number of rotatable bonds is 8. The van der Waals surface area contributed by atoms with E-state index in [1.54, 1.807) is 19.1 Å². The van der Waals surface area contributed by atoms with Gasteiger partial charge in [-0.3, -0.25) is 14.5 Å². The van der Waals surface area contributed by atoms with Gasteiger partial charge in [-0.15, -0.1) is 0 Å². The van der Waals surface area contributed by atoms with Crippen LogP contribution in [0.25, 0.3) is 0 Å². The van der Waals surface area contributed by atoms with E-state index in [9.17, 15) is 22.8 Å². The zero-order chi connectivity index (χ0) is 24.3. The largest absolute Gasteiger partial charge is 0.325 e. The van der Waals surface area contributed by atoms with E-state index in [4.69, 9.17) is 0 Å². The zero-order valence-corrected chi connectivity index (χ0v) is 19.8. The number of nitrogens with one attached hydrogen (secondary N) is 2. The second-order valence-corrected chi connectivity index (χ2v) is 10.8. The number of imide groups is 1. The molecule has 2 aromatic carbocycles. The van der Waals surface area contributed by atoms with Crippen molar-refractivity contribution in [3.8, 4) is 0 Å². The lowest BCUT2D eigenvalue weighted by Gasteiger charge is -2.21. The summed E-state index contributed by atoms with van der Waals surface area (Å²) in [7, 11) is -3.63. The first-order chi connectivity index (χ1) is 16.2. The van der Waals surface area contributed by atoms with Crippen molar-refractivity contribution in [2.24, 2.45) is 0 Å². The van der Waals surface area contributed by atoms with Crippen molar-refractivity contribution in [3.05, 3.63) is 60.2 Å². The van der Waals surface area contributed by atoms with Crippen LogP contribution in [0.5, 0.6) is 0 Å². The Labute approximate surface area is 199 Å². The summed E-state index contributed by atoms with van der Waals surface area (Å²) in [6.07, 6.45) is 2.65. The number of hydrogen-bond donors (Lipinski definition) is 2. The number of benzene rings is 2. The fourth-order valence-electron chi connectivity index (χ4n) is 4.26. The number of carbonyl (C=O) groups is 3. The lowest BCUT2D eigenvalue weighted by molar-refractivity contribution is -0.133. The van der Waals surface area contributed by atoms with Crippen LogP contribution >= 0.6 is 0 Å². The number of sulfonamides is 1. The quantitative estimate of drug-likeness (QED) is 0.558. The molecule has 0 aromatic heterocycles. The van der Waals surface area contributed by atoms with Crippen molar-refractivity contribution >= 4 is 33.6 Å². The molecule has 2 N–H and O–H groups in total. The first kappa shape index (κ1) is 23.9. The van der Waals surface area contributed by atoms with Crippen LogP contribution in [0.2, 0.25) is 0 Å². The van der Waals surface area contributed by atoms with Gasteiger partial charge in [0, 0.05) is 18.8 Å². The molecule has 4 rings (SSSR count). The van der Waals surface area contributed by atoms with Crippen LogP contribution < -0.4 is 10.6 Å². The lowest BCUT2D eigenvalue weighted by atomic mass is 9.93. The van der Waals surface area contributed by atoms with Gasteiger partial charge in [0.1, 0.15) is 12.1 Å². The highest BCUT2D eigenvalue weighted by molar-refractivity contribution is 7.89. The zero-order valence-electron chi connectivity index (χ0n) is 19.0.